The van der Waals surface area contributed by atoms with Gasteiger partial charge in [-0.05, 0) is 103 Å². The molecule has 0 aliphatic carbocycles. The molecule has 45 heavy (non-hydrogen) atoms. The molecule has 0 N–H and O–H groups in total. The lowest BCUT2D eigenvalue weighted by Crippen LogP contribution is -2.41. The van der Waals surface area contributed by atoms with E-state index in [-0.39, 0.29) is 12.1 Å². The van der Waals surface area contributed by atoms with Crippen molar-refractivity contribution < 1.29 is 19.1 Å². The van der Waals surface area contributed by atoms with Crippen molar-refractivity contribution in [3.8, 4) is 0 Å². The van der Waals surface area contributed by atoms with Gasteiger partial charge in [-0.2, -0.15) is 5.10 Å². The van der Waals surface area contributed by atoms with Crippen LogP contribution in [-0.2, 0) is 20.8 Å². The number of allylic oxidation sites excluding steroid dienone is 1. The summed E-state index contributed by atoms with van der Waals surface area (Å²) in [7, 11) is 0. The lowest BCUT2D eigenvalue weighted by Gasteiger charge is -2.32. The van der Waals surface area contributed by atoms with E-state index in [0.717, 1.165) is 55.5 Å². The Morgan fingerprint density at radius 2 is 1.53 bits per heavy atom. The van der Waals surface area contributed by atoms with Crippen LogP contribution in [0.5, 0.6) is 0 Å². The number of nitrogens with zero attached hydrogens (tertiary/aromatic N) is 4. The molecule has 2 aliphatic rings. The van der Waals surface area contributed by atoms with Crippen LogP contribution >= 0.6 is 0 Å². The number of likely N-dealkylation sites (tertiary alicyclic amines) is 2. The summed E-state index contributed by atoms with van der Waals surface area (Å²) < 4.78 is 13.3. The first-order valence-corrected chi connectivity index (χ1v) is 16.5. The molecule has 3 aromatic rings. The maximum Gasteiger partial charge on any atom is 0.410 e. The molecule has 0 spiro atoms. The molecule has 2 fully saturated rings. The van der Waals surface area contributed by atoms with Crippen LogP contribution in [0.2, 0.25) is 0 Å². The predicted octanol–water partition coefficient (Wildman–Crippen LogP) is 7.27. The van der Waals surface area contributed by atoms with E-state index in [1.807, 2.05) is 52.5 Å². The number of amides is 1. The summed E-state index contributed by atoms with van der Waals surface area (Å²) in [5.74, 6) is 0.610. The number of rotatable bonds is 7. The Morgan fingerprint density at radius 1 is 0.867 bits per heavy atom. The van der Waals surface area contributed by atoms with Crippen molar-refractivity contribution >= 4 is 29.0 Å². The third kappa shape index (κ3) is 9.19. The molecule has 2 aromatic carbocycles. The van der Waals surface area contributed by atoms with Crippen molar-refractivity contribution in [3.63, 3.8) is 0 Å². The third-order valence-corrected chi connectivity index (χ3v) is 8.48. The van der Waals surface area contributed by atoms with Crippen LogP contribution in [0.15, 0.2) is 54.6 Å². The zero-order valence-electron chi connectivity index (χ0n) is 27.9. The van der Waals surface area contributed by atoms with E-state index in [2.05, 4.69) is 64.2 Å². The van der Waals surface area contributed by atoms with Gasteiger partial charge in [0.25, 0.3) is 0 Å². The van der Waals surface area contributed by atoms with E-state index < -0.39 is 11.2 Å². The lowest BCUT2D eigenvalue weighted by atomic mass is 9.91. The zero-order chi connectivity index (χ0) is 32.2. The van der Waals surface area contributed by atoms with Gasteiger partial charge in [-0.3, -0.25) is 14.4 Å². The Morgan fingerprint density at radius 3 is 2.18 bits per heavy atom. The maximum absolute atomic E-state index is 12.5. The van der Waals surface area contributed by atoms with Gasteiger partial charge in [0.05, 0.1) is 24.3 Å². The Kier molecular flexibility index (Phi) is 10.0. The molecule has 0 radical (unpaired) electrons. The fourth-order valence-corrected chi connectivity index (χ4v) is 6.27. The van der Waals surface area contributed by atoms with Crippen LogP contribution < -0.4 is 0 Å². The number of carbonyl (C=O) groups excluding carboxylic acids is 2. The van der Waals surface area contributed by atoms with Crippen LogP contribution in [0.1, 0.15) is 90.0 Å². The van der Waals surface area contributed by atoms with Crippen molar-refractivity contribution in [1.82, 2.24) is 19.6 Å². The molecule has 5 rings (SSSR count). The normalized spacial score (nSPS) is 17.7. The summed E-state index contributed by atoms with van der Waals surface area (Å²) in [6.45, 7) is 15.6. The van der Waals surface area contributed by atoms with Crippen LogP contribution in [0.4, 0.5) is 4.79 Å². The largest absolute Gasteiger partial charge is 0.459 e. The minimum atomic E-state index is -0.474. The van der Waals surface area contributed by atoms with Crippen molar-refractivity contribution in [2.24, 2.45) is 5.92 Å². The van der Waals surface area contributed by atoms with Crippen LogP contribution in [0, 0.1) is 5.92 Å². The fraction of sp³-hybridized carbons (Fsp3) is 0.541. The molecule has 0 atom stereocenters. The number of hydrogen-bond donors (Lipinski definition) is 0. The fourth-order valence-electron chi connectivity index (χ4n) is 6.27. The molecule has 1 amide bonds. The topological polar surface area (TPSA) is 76.9 Å². The Hall–Kier alpha value is -3.65. The molecule has 0 bridgehead atoms. The van der Waals surface area contributed by atoms with E-state index in [1.54, 1.807) is 0 Å². The average molecular weight is 615 g/mol. The molecule has 2 saturated heterocycles. The molecule has 1 aromatic heterocycles. The van der Waals surface area contributed by atoms with Crippen molar-refractivity contribution in [1.29, 1.82) is 0 Å². The molecular formula is C37H50N4O4. The highest BCUT2D eigenvalue weighted by Crippen LogP contribution is 2.34. The number of aromatic nitrogens is 2. The number of carbonyl (C=O) groups is 2. The second kappa shape index (κ2) is 13.8. The number of hydrogen-bond acceptors (Lipinski definition) is 6. The van der Waals surface area contributed by atoms with Gasteiger partial charge in [0.2, 0.25) is 0 Å². The van der Waals surface area contributed by atoms with Gasteiger partial charge >= 0.3 is 12.1 Å². The standard InChI is InChI=1S/C37H50N4O4/c1-36(2,3)44-33(42)26-39-20-18-30(19-21-39)34-31-15-14-28(24-32(31)41(38-34)25-29-10-8-7-9-11-29)13-12-27-16-22-40(23-17-27)35(43)45-37(4,5)6/h7-15,24,27,30H,16-23,25-26H2,1-6H3. The minimum absolute atomic E-state index is 0.160. The second-order valence-electron chi connectivity index (χ2n) is 14.6. The van der Waals surface area contributed by atoms with Crippen molar-refractivity contribution in [3.05, 3.63) is 71.4 Å². The molecular weight excluding hydrogens is 564 g/mol. The SMILES string of the molecule is CC(C)(C)OC(=O)CN1CCC(c2nn(Cc3ccccc3)c3cc(C=CC4CCN(C(=O)OC(C)(C)C)CC4)ccc23)CC1. The van der Waals surface area contributed by atoms with Gasteiger partial charge < -0.3 is 14.4 Å². The number of esters is 1. The van der Waals surface area contributed by atoms with Crippen molar-refractivity contribution in [2.45, 2.75) is 90.9 Å². The average Bonchev–Trinajstić information content (AvgIpc) is 3.32. The Balaban J connectivity index is 1.28. The maximum atomic E-state index is 12.5. The number of benzene rings is 2. The monoisotopic (exact) mass is 614 g/mol. The van der Waals surface area contributed by atoms with E-state index in [1.165, 1.54) is 10.9 Å². The van der Waals surface area contributed by atoms with Crippen LogP contribution in [0.3, 0.4) is 0 Å². The first-order chi connectivity index (χ1) is 21.3. The van der Waals surface area contributed by atoms with Gasteiger partial charge in [0, 0.05) is 24.4 Å². The van der Waals surface area contributed by atoms with Gasteiger partial charge in [0.15, 0.2) is 0 Å². The molecule has 3 heterocycles. The van der Waals surface area contributed by atoms with E-state index in [9.17, 15) is 9.59 Å². The summed E-state index contributed by atoms with van der Waals surface area (Å²) in [5.41, 5.74) is 3.74. The summed E-state index contributed by atoms with van der Waals surface area (Å²) in [6, 6.07) is 17.2. The number of piperidine rings is 2. The molecule has 8 nitrogen and oxygen atoms in total. The smallest absolute Gasteiger partial charge is 0.410 e. The zero-order valence-corrected chi connectivity index (χ0v) is 27.9. The molecule has 2 aliphatic heterocycles. The number of ether oxygens (including phenoxy) is 2. The van der Waals surface area contributed by atoms with Crippen LogP contribution in [-0.4, -0.2) is 75.6 Å². The van der Waals surface area contributed by atoms with Crippen LogP contribution in [0.25, 0.3) is 17.0 Å². The highest BCUT2D eigenvalue weighted by atomic mass is 16.6. The van der Waals surface area contributed by atoms with Gasteiger partial charge in [-0.1, -0.05) is 54.6 Å². The summed E-state index contributed by atoms with van der Waals surface area (Å²) >= 11 is 0. The Bertz CT molecular complexity index is 1480. The molecule has 0 unspecified atom stereocenters. The van der Waals surface area contributed by atoms with E-state index in [0.29, 0.717) is 38.0 Å². The summed E-state index contributed by atoms with van der Waals surface area (Å²) in [5, 5.41) is 6.42. The third-order valence-electron chi connectivity index (χ3n) is 8.48. The van der Waals surface area contributed by atoms with Gasteiger partial charge in [-0.25, -0.2) is 4.79 Å². The van der Waals surface area contributed by atoms with E-state index >= 15 is 0 Å². The minimum Gasteiger partial charge on any atom is -0.459 e. The summed E-state index contributed by atoms with van der Waals surface area (Å²) in [6.07, 6.45) is 8.09. The molecule has 8 heteroatoms. The first kappa shape index (κ1) is 32.7. The van der Waals surface area contributed by atoms with Gasteiger partial charge in [0.1, 0.15) is 11.2 Å². The first-order valence-electron chi connectivity index (χ1n) is 16.5. The van der Waals surface area contributed by atoms with E-state index in [4.69, 9.17) is 14.6 Å². The highest BCUT2D eigenvalue weighted by molar-refractivity contribution is 5.85. The quantitative estimate of drug-likeness (QED) is 0.261. The second-order valence-corrected chi connectivity index (χ2v) is 14.6. The molecule has 242 valence electrons. The predicted molar refractivity (Wildman–Crippen MR) is 179 cm³/mol. The highest BCUT2D eigenvalue weighted by Gasteiger charge is 2.28. The molecule has 0 saturated carbocycles. The Labute approximate surface area is 268 Å². The summed E-state index contributed by atoms with van der Waals surface area (Å²) in [4.78, 5) is 28.9. The lowest BCUT2D eigenvalue weighted by molar-refractivity contribution is -0.156. The number of fused-ring (bicyclic) bond motifs is 1. The van der Waals surface area contributed by atoms with Gasteiger partial charge in [-0.15, -0.1) is 0 Å². The van der Waals surface area contributed by atoms with Crippen molar-refractivity contribution in [2.75, 3.05) is 32.7 Å².